The number of esters is 1. The molecular formula is C16H21N3O4. The molecule has 1 N–H and O–H groups in total. The van der Waals surface area contributed by atoms with E-state index in [0.717, 1.165) is 16.9 Å². The number of carbonyl (C=O) groups is 2. The summed E-state index contributed by atoms with van der Waals surface area (Å²) in [6, 6.07) is 1.95. The Hall–Kier alpha value is -2.57. The lowest BCUT2D eigenvalue weighted by Crippen LogP contribution is -2.48. The third-order valence-corrected chi connectivity index (χ3v) is 3.62. The van der Waals surface area contributed by atoms with Gasteiger partial charge in [0.15, 0.2) is 0 Å². The number of rotatable bonds is 4. The average molecular weight is 319 g/mol. The van der Waals surface area contributed by atoms with Crippen molar-refractivity contribution in [2.75, 3.05) is 37.7 Å². The second-order valence-electron chi connectivity index (χ2n) is 5.25. The number of nitrogens with zero attached hydrogens (tertiary/aromatic N) is 3. The van der Waals surface area contributed by atoms with Gasteiger partial charge in [-0.25, -0.2) is 14.6 Å². The minimum atomic E-state index is -0.881. The van der Waals surface area contributed by atoms with Gasteiger partial charge in [-0.1, -0.05) is 0 Å². The largest absolute Gasteiger partial charge is 0.465 e. The number of pyridine rings is 1. The summed E-state index contributed by atoms with van der Waals surface area (Å²) in [4.78, 5) is 30.2. The minimum absolute atomic E-state index is 0.349. The molecule has 0 unspecified atom stereocenters. The van der Waals surface area contributed by atoms with E-state index in [0.29, 0.717) is 32.8 Å². The molecule has 0 saturated carbocycles. The van der Waals surface area contributed by atoms with Crippen LogP contribution in [0, 0.1) is 6.92 Å². The molecule has 0 atom stereocenters. The van der Waals surface area contributed by atoms with Crippen LogP contribution in [0.15, 0.2) is 18.3 Å². The molecule has 23 heavy (non-hydrogen) atoms. The Morgan fingerprint density at radius 1 is 1.35 bits per heavy atom. The van der Waals surface area contributed by atoms with E-state index in [4.69, 9.17) is 9.84 Å². The standard InChI is InChI=1S/C16H21N3O4/c1-3-23-14(20)5-4-13-10-12(2)15(17-11-13)18-6-8-19(9-7-18)16(21)22/h4-5,10-11H,3,6-9H2,1-2H3,(H,21,22). The molecule has 1 aliphatic rings. The molecule has 0 aromatic carbocycles. The molecule has 124 valence electrons. The predicted molar refractivity (Wildman–Crippen MR) is 86.5 cm³/mol. The smallest absolute Gasteiger partial charge is 0.407 e. The molecule has 1 aromatic heterocycles. The van der Waals surface area contributed by atoms with Crippen LogP contribution in [0.1, 0.15) is 18.1 Å². The Balaban J connectivity index is 2.03. The highest BCUT2D eigenvalue weighted by Gasteiger charge is 2.22. The van der Waals surface area contributed by atoms with Crippen LogP contribution in [0.5, 0.6) is 0 Å². The lowest BCUT2D eigenvalue weighted by molar-refractivity contribution is -0.137. The first-order chi connectivity index (χ1) is 11.0. The van der Waals surface area contributed by atoms with Gasteiger partial charge in [-0.3, -0.25) is 0 Å². The summed E-state index contributed by atoms with van der Waals surface area (Å²) in [5.74, 6) is 0.474. The van der Waals surface area contributed by atoms with Gasteiger partial charge < -0.3 is 19.6 Å². The van der Waals surface area contributed by atoms with E-state index in [9.17, 15) is 9.59 Å². The van der Waals surface area contributed by atoms with Crippen molar-refractivity contribution in [1.29, 1.82) is 0 Å². The number of ether oxygens (including phenoxy) is 1. The van der Waals surface area contributed by atoms with E-state index in [1.807, 2.05) is 13.0 Å². The first-order valence-electron chi connectivity index (χ1n) is 7.55. The predicted octanol–water partition coefficient (Wildman–Crippen LogP) is 1.77. The van der Waals surface area contributed by atoms with Gasteiger partial charge in [-0.05, 0) is 37.1 Å². The van der Waals surface area contributed by atoms with E-state index < -0.39 is 6.09 Å². The first kappa shape index (κ1) is 16.8. The van der Waals surface area contributed by atoms with Crippen LogP contribution < -0.4 is 4.90 Å². The Labute approximate surface area is 135 Å². The van der Waals surface area contributed by atoms with E-state index >= 15 is 0 Å². The van der Waals surface area contributed by atoms with Crippen molar-refractivity contribution in [3.05, 3.63) is 29.5 Å². The Morgan fingerprint density at radius 2 is 2.04 bits per heavy atom. The van der Waals surface area contributed by atoms with Gasteiger partial charge in [0, 0.05) is 38.5 Å². The summed E-state index contributed by atoms with van der Waals surface area (Å²) in [6.45, 7) is 6.25. The fraction of sp³-hybridized carbons (Fsp3) is 0.438. The van der Waals surface area contributed by atoms with Gasteiger partial charge in [0.1, 0.15) is 5.82 Å². The summed E-state index contributed by atoms with van der Waals surface area (Å²) >= 11 is 0. The van der Waals surface area contributed by atoms with Gasteiger partial charge >= 0.3 is 12.1 Å². The van der Waals surface area contributed by atoms with Gasteiger partial charge in [-0.15, -0.1) is 0 Å². The quantitative estimate of drug-likeness (QED) is 0.672. The summed E-state index contributed by atoms with van der Waals surface area (Å²) in [7, 11) is 0. The normalized spacial score (nSPS) is 15.0. The van der Waals surface area contributed by atoms with Crippen molar-refractivity contribution in [3.8, 4) is 0 Å². The number of aryl methyl sites for hydroxylation is 1. The van der Waals surface area contributed by atoms with Gasteiger partial charge in [0.25, 0.3) is 0 Å². The van der Waals surface area contributed by atoms with E-state index in [1.165, 1.54) is 11.0 Å². The number of carbonyl (C=O) groups excluding carboxylic acids is 1. The van der Waals surface area contributed by atoms with Crippen LogP contribution >= 0.6 is 0 Å². The Bertz CT molecular complexity index is 607. The van der Waals surface area contributed by atoms with Gasteiger partial charge in [-0.2, -0.15) is 0 Å². The van der Waals surface area contributed by atoms with Crippen LogP contribution in [0.2, 0.25) is 0 Å². The molecular weight excluding hydrogens is 298 g/mol. The van der Waals surface area contributed by atoms with Crippen LogP contribution in [-0.4, -0.2) is 59.8 Å². The highest BCUT2D eigenvalue weighted by atomic mass is 16.5. The molecule has 1 saturated heterocycles. The Kier molecular flexibility index (Phi) is 5.56. The van der Waals surface area contributed by atoms with Crippen molar-refractivity contribution in [2.45, 2.75) is 13.8 Å². The van der Waals surface area contributed by atoms with E-state index in [2.05, 4.69) is 9.88 Å². The van der Waals surface area contributed by atoms with Crippen molar-refractivity contribution in [3.63, 3.8) is 0 Å². The molecule has 1 amide bonds. The van der Waals surface area contributed by atoms with Gasteiger partial charge in [0.05, 0.1) is 6.61 Å². The lowest BCUT2D eigenvalue weighted by Gasteiger charge is -2.34. The first-order valence-corrected chi connectivity index (χ1v) is 7.55. The molecule has 7 nitrogen and oxygen atoms in total. The van der Waals surface area contributed by atoms with Crippen molar-refractivity contribution >= 4 is 24.0 Å². The fourth-order valence-electron chi connectivity index (χ4n) is 2.48. The summed E-state index contributed by atoms with van der Waals surface area (Å²) in [6.07, 6.45) is 3.87. The molecule has 1 fully saturated rings. The number of hydrogen-bond acceptors (Lipinski definition) is 5. The van der Waals surface area contributed by atoms with Crippen molar-refractivity contribution in [2.24, 2.45) is 0 Å². The maximum absolute atomic E-state index is 11.3. The van der Waals surface area contributed by atoms with Crippen LogP contribution in [0.4, 0.5) is 10.6 Å². The van der Waals surface area contributed by atoms with Gasteiger partial charge in [0.2, 0.25) is 0 Å². The molecule has 0 aliphatic carbocycles. The number of hydrogen-bond donors (Lipinski definition) is 1. The SMILES string of the molecule is CCOC(=O)C=Cc1cnc(N2CCN(C(=O)O)CC2)c(C)c1. The summed E-state index contributed by atoms with van der Waals surface area (Å²) < 4.78 is 4.84. The number of amides is 1. The second kappa shape index (κ2) is 7.62. The second-order valence-corrected chi connectivity index (χ2v) is 5.25. The average Bonchev–Trinajstić information content (AvgIpc) is 2.53. The van der Waals surface area contributed by atoms with E-state index in [-0.39, 0.29) is 5.97 Å². The topological polar surface area (TPSA) is 83.0 Å². The van der Waals surface area contributed by atoms with Crippen LogP contribution in [-0.2, 0) is 9.53 Å². The molecule has 0 bridgehead atoms. The molecule has 0 radical (unpaired) electrons. The third kappa shape index (κ3) is 4.45. The van der Waals surface area contributed by atoms with E-state index in [1.54, 1.807) is 19.2 Å². The number of carboxylic acid groups (broad SMARTS) is 1. The van der Waals surface area contributed by atoms with Crippen LogP contribution in [0.25, 0.3) is 6.08 Å². The molecule has 1 aromatic rings. The maximum Gasteiger partial charge on any atom is 0.407 e. The maximum atomic E-state index is 11.3. The minimum Gasteiger partial charge on any atom is -0.465 e. The van der Waals surface area contributed by atoms with Crippen LogP contribution in [0.3, 0.4) is 0 Å². The fourth-order valence-corrected chi connectivity index (χ4v) is 2.48. The number of anilines is 1. The van der Waals surface area contributed by atoms with Crippen molar-refractivity contribution in [1.82, 2.24) is 9.88 Å². The number of piperazine rings is 1. The molecule has 1 aliphatic heterocycles. The van der Waals surface area contributed by atoms with Crippen molar-refractivity contribution < 1.29 is 19.4 Å². The highest BCUT2D eigenvalue weighted by molar-refractivity contribution is 5.87. The molecule has 2 heterocycles. The third-order valence-electron chi connectivity index (χ3n) is 3.62. The lowest BCUT2D eigenvalue weighted by atomic mass is 10.1. The molecule has 7 heteroatoms. The summed E-state index contributed by atoms with van der Waals surface area (Å²) in [5, 5.41) is 8.97. The zero-order chi connectivity index (χ0) is 16.8. The monoisotopic (exact) mass is 319 g/mol. The zero-order valence-electron chi connectivity index (χ0n) is 13.4. The summed E-state index contributed by atoms with van der Waals surface area (Å²) in [5.41, 5.74) is 1.81. The Morgan fingerprint density at radius 3 is 2.61 bits per heavy atom. The zero-order valence-corrected chi connectivity index (χ0v) is 13.4. The molecule has 2 rings (SSSR count). The molecule has 0 spiro atoms. The highest BCUT2D eigenvalue weighted by Crippen LogP contribution is 2.20. The number of aromatic nitrogens is 1.